The summed E-state index contributed by atoms with van der Waals surface area (Å²) in [6, 6.07) is 8.66. The molecule has 0 saturated carbocycles. The van der Waals surface area contributed by atoms with Crippen LogP contribution in [0.5, 0.6) is 11.6 Å². The van der Waals surface area contributed by atoms with E-state index in [9.17, 15) is 26.4 Å². The Hall–Kier alpha value is -4.04. The molecule has 1 amide bonds. The Balaban J connectivity index is 1.59. The molecule has 4 rings (SSSR count). The van der Waals surface area contributed by atoms with Gasteiger partial charge in [0, 0.05) is 22.8 Å². The normalized spacial score (nSPS) is 12.1. The summed E-state index contributed by atoms with van der Waals surface area (Å²) in [4.78, 5) is 20.6. The molecule has 14 heteroatoms. The Kier molecular flexibility index (Phi) is 6.88. The highest BCUT2D eigenvalue weighted by Crippen LogP contribution is 2.33. The molecule has 0 unspecified atom stereocenters. The quantitative estimate of drug-likeness (QED) is 0.264. The zero-order valence-corrected chi connectivity index (χ0v) is 20.0. The molecule has 0 radical (unpaired) electrons. The van der Waals surface area contributed by atoms with Crippen LogP contribution in [0.4, 0.5) is 28.0 Å². The van der Waals surface area contributed by atoms with E-state index in [1.807, 2.05) is 0 Å². The van der Waals surface area contributed by atoms with E-state index in [1.54, 1.807) is 0 Å². The summed E-state index contributed by atoms with van der Waals surface area (Å²) in [5, 5.41) is 2.41. The van der Waals surface area contributed by atoms with E-state index in [2.05, 4.69) is 19.5 Å². The lowest BCUT2D eigenvalue weighted by Crippen LogP contribution is -2.20. The van der Waals surface area contributed by atoms with Crippen LogP contribution in [0.1, 0.15) is 17.0 Å². The SMILES string of the molecule is Cc1cc2c(F)c(Oc3cc(COS(C)(=O)=O)ncn3)ccc2n1C(=O)Nc1cccc(C(F)(F)F)c1. The fourth-order valence-electron chi connectivity index (χ4n) is 3.45. The third kappa shape index (κ3) is 6.03. The average molecular weight is 538 g/mol. The first-order valence-corrected chi connectivity index (χ1v) is 12.3. The van der Waals surface area contributed by atoms with E-state index in [0.717, 1.165) is 35.3 Å². The molecule has 0 saturated heterocycles. The molecule has 0 aliphatic carbocycles. The number of carbonyl (C=O) groups is 1. The number of amides is 1. The summed E-state index contributed by atoms with van der Waals surface area (Å²) in [7, 11) is -3.71. The standard InChI is InChI=1S/C23H18F4N4O5S/c1-13-8-17-18(31(13)22(32)30-15-5-3-4-14(9-15)23(25,26)27)6-7-19(21(17)24)36-20-10-16(28-12-29-20)11-35-37(2,33)34/h3-10,12H,11H2,1-2H3,(H,30,32). The number of anilines is 1. The Labute approximate surface area is 207 Å². The Morgan fingerprint density at radius 2 is 1.86 bits per heavy atom. The maximum atomic E-state index is 15.3. The third-order valence-electron chi connectivity index (χ3n) is 5.05. The van der Waals surface area contributed by atoms with E-state index in [0.29, 0.717) is 5.69 Å². The molecule has 0 aliphatic heterocycles. The number of carbonyl (C=O) groups excluding carboxylic acids is 1. The molecule has 0 atom stereocenters. The van der Waals surface area contributed by atoms with Crippen LogP contribution < -0.4 is 10.1 Å². The lowest BCUT2D eigenvalue weighted by Gasteiger charge is -2.12. The number of benzene rings is 2. The van der Waals surface area contributed by atoms with E-state index in [-0.39, 0.29) is 40.5 Å². The van der Waals surface area contributed by atoms with Gasteiger partial charge in [-0.05, 0) is 43.3 Å². The number of halogens is 4. The molecule has 194 valence electrons. The number of nitrogens with one attached hydrogen (secondary N) is 1. The third-order valence-corrected chi connectivity index (χ3v) is 5.59. The number of ether oxygens (including phenoxy) is 1. The van der Waals surface area contributed by atoms with Crippen LogP contribution in [0.3, 0.4) is 0 Å². The highest BCUT2D eigenvalue weighted by Gasteiger charge is 2.30. The molecule has 1 N–H and O–H groups in total. The number of nitrogens with zero attached hydrogens (tertiary/aromatic N) is 3. The molecule has 0 bridgehead atoms. The summed E-state index contributed by atoms with van der Waals surface area (Å²) >= 11 is 0. The van der Waals surface area contributed by atoms with Gasteiger partial charge in [0.15, 0.2) is 11.6 Å². The predicted molar refractivity (Wildman–Crippen MR) is 124 cm³/mol. The maximum absolute atomic E-state index is 15.3. The summed E-state index contributed by atoms with van der Waals surface area (Å²) in [6.45, 7) is 1.16. The van der Waals surface area contributed by atoms with Crippen molar-refractivity contribution in [3.63, 3.8) is 0 Å². The largest absolute Gasteiger partial charge is 0.436 e. The minimum atomic E-state index is -4.58. The first kappa shape index (κ1) is 26.0. The second kappa shape index (κ2) is 9.78. The first-order chi connectivity index (χ1) is 17.3. The van der Waals surface area contributed by atoms with Gasteiger partial charge in [-0.2, -0.15) is 21.6 Å². The fourth-order valence-corrected chi connectivity index (χ4v) is 3.79. The molecule has 0 spiro atoms. The molecular formula is C23H18F4N4O5S. The second-order valence-corrected chi connectivity index (χ2v) is 9.50. The van der Waals surface area contributed by atoms with E-state index < -0.39 is 33.7 Å². The molecule has 0 aliphatic rings. The van der Waals surface area contributed by atoms with Crippen LogP contribution in [0, 0.1) is 12.7 Å². The van der Waals surface area contributed by atoms with Gasteiger partial charge in [-0.1, -0.05) is 6.07 Å². The molecule has 37 heavy (non-hydrogen) atoms. The highest BCUT2D eigenvalue weighted by molar-refractivity contribution is 7.85. The number of hydrogen-bond acceptors (Lipinski definition) is 7. The molecule has 2 heterocycles. The number of aryl methyl sites for hydroxylation is 1. The van der Waals surface area contributed by atoms with Crippen molar-refractivity contribution < 1.29 is 39.7 Å². The summed E-state index contributed by atoms with van der Waals surface area (Å²) in [6.07, 6.45) is -2.61. The maximum Gasteiger partial charge on any atom is 0.416 e. The minimum Gasteiger partial charge on any atom is -0.436 e. The number of aromatic nitrogens is 3. The monoisotopic (exact) mass is 538 g/mol. The van der Waals surface area contributed by atoms with Gasteiger partial charge in [0.05, 0.1) is 23.0 Å². The summed E-state index contributed by atoms with van der Waals surface area (Å²) < 4.78 is 87.8. The van der Waals surface area contributed by atoms with E-state index in [4.69, 9.17) is 4.74 Å². The first-order valence-electron chi connectivity index (χ1n) is 10.4. The lowest BCUT2D eigenvalue weighted by atomic mass is 10.2. The van der Waals surface area contributed by atoms with Crippen molar-refractivity contribution in [2.45, 2.75) is 19.7 Å². The second-order valence-electron chi connectivity index (χ2n) is 7.86. The fraction of sp³-hybridized carbons (Fsp3) is 0.174. The molecule has 9 nitrogen and oxygen atoms in total. The van der Waals surface area contributed by atoms with Gasteiger partial charge in [0.1, 0.15) is 12.9 Å². The van der Waals surface area contributed by atoms with Gasteiger partial charge in [0.2, 0.25) is 5.88 Å². The van der Waals surface area contributed by atoms with Gasteiger partial charge < -0.3 is 10.1 Å². The minimum absolute atomic E-state index is 0.0175. The van der Waals surface area contributed by atoms with Crippen LogP contribution in [0.2, 0.25) is 0 Å². The van der Waals surface area contributed by atoms with Crippen LogP contribution in [-0.2, 0) is 27.1 Å². The average Bonchev–Trinajstić information content (AvgIpc) is 3.16. The van der Waals surface area contributed by atoms with Gasteiger partial charge in [0.25, 0.3) is 10.1 Å². The Bertz CT molecular complexity index is 1600. The van der Waals surface area contributed by atoms with Crippen molar-refractivity contribution in [1.82, 2.24) is 14.5 Å². The van der Waals surface area contributed by atoms with Gasteiger partial charge in [-0.15, -0.1) is 0 Å². The van der Waals surface area contributed by atoms with Gasteiger partial charge in [-0.25, -0.2) is 19.2 Å². The highest BCUT2D eigenvalue weighted by atomic mass is 32.2. The Morgan fingerprint density at radius 3 is 2.57 bits per heavy atom. The van der Waals surface area contributed by atoms with Gasteiger partial charge >= 0.3 is 12.2 Å². The van der Waals surface area contributed by atoms with E-state index in [1.165, 1.54) is 37.3 Å². The van der Waals surface area contributed by atoms with Crippen LogP contribution in [0.25, 0.3) is 10.9 Å². The predicted octanol–water partition coefficient (Wildman–Crippen LogP) is 5.25. The smallest absolute Gasteiger partial charge is 0.416 e. The van der Waals surface area contributed by atoms with Crippen molar-refractivity contribution in [1.29, 1.82) is 0 Å². The molecule has 4 aromatic rings. The number of hydrogen-bond donors (Lipinski definition) is 1. The van der Waals surface area contributed by atoms with Gasteiger partial charge in [-0.3, -0.25) is 8.75 Å². The molecular weight excluding hydrogens is 520 g/mol. The van der Waals surface area contributed by atoms with Crippen molar-refractivity contribution in [3.05, 3.63) is 77.6 Å². The zero-order chi connectivity index (χ0) is 27.0. The molecule has 0 fully saturated rings. The van der Waals surface area contributed by atoms with Crippen LogP contribution >= 0.6 is 0 Å². The van der Waals surface area contributed by atoms with Crippen molar-refractivity contribution in [2.24, 2.45) is 0 Å². The van der Waals surface area contributed by atoms with E-state index >= 15 is 4.39 Å². The van der Waals surface area contributed by atoms with Crippen LogP contribution in [-0.4, -0.2) is 35.2 Å². The molecule has 2 aromatic heterocycles. The van der Waals surface area contributed by atoms with Crippen molar-refractivity contribution in [3.8, 4) is 11.6 Å². The molecule has 2 aromatic carbocycles. The Morgan fingerprint density at radius 1 is 1.11 bits per heavy atom. The number of rotatable bonds is 6. The van der Waals surface area contributed by atoms with Crippen LogP contribution in [0.15, 0.2) is 54.9 Å². The summed E-state index contributed by atoms with van der Waals surface area (Å²) in [5.41, 5.74) is -0.372. The number of fused-ring (bicyclic) bond motifs is 1. The lowest BCUT2D eigenvalue weighted by molar-refractivity contribution is -0.137. The van der Waals surface area contributed by atoms with Crippen molar-refractivity contribution >= 4 is 32.7 Å². The topological polar surface area (TPSA) is 112 Å². The van der Waals surface area contributed by atoms with Crippen molar-refractivity contribution in [2.75, 3.05) is 11.6 Å². The zero-order valence-electron chi connectivity index (χ0n) is 19.2. The summed E-state index contributed by atoms with van der Waals surface area (Å²) in [5.74, 6) is -1.14. The number of alkyl halides is 3.